The van der Waals surface area contributed by atoms with Gasteiger partial charge in [-0.1, -0.05) is 6.07 Å². The van der Waals surface area contributed by atoms with Gasteiger partial charge in [0, 0.05) is 37.9 Å². The van der Waals surface area contributed by atoms with E-state index in [2.05, 4.69) is 27.3 Å². The smallest absolute Gasteiger partial charge is 0.0543 e. The summed E-state index contributed by atoms with van der Waals surface area (Å²) >= 11 is 0. The Hall–Kier alpha value is -0.930. The van der Waals surface area contributed by atoms with Crippen molar-refractivity contribution in [2.24, 2.45) is 0 Å². The number of nitrogens with one attached hydrogen (secondary N) is 1. The lowest BCUT2D eigenvalue weighted by atomic mass is 9.91. The predicted octanol–water partition coefficient (Wildman–Crippen LogP) is 0.628. The molecular weight excluding hydrogens is 174 g/mol. The van der Waals surface area contributed by atoms with Gasteiger partial charge in [0.25, 0.3) is 0 Å². The maximum atomic E-state index is 4.35. The van der Waals surface area contributed by atoms with Crippen molar-refractivity contribution in [3.05, 3.63) is 30.1 Å². The summed E-state index contributed by atoms with van der Waals surface area (Å²) in [6.07, 6.45) is 3.25. The van der Waals surface area contributed by atoms with E-state index < -0.39 is 0 Å². The Morgan fingerprint density at radius 3 is 2.79 bits per heavy atom. The van der Waals surface area contributed by atoms with Gasteiger partial charge in [0.2, 0.25) is 0 Å². The molecule has 4 rings (SSSR count). The second kappa shape index (κ2) is 3.33. The molecule has 3 fully saturated rings. The number of piperazine rings is 1. The molecule has 14 heavy (non-hydrogen) atoms. The molecule has 3 saturated heterocycles. The molecule has 1 aromatic heterocycles. The van der Waals surface area contributed by atoms with Crippen molar-refractivity contribution in [2.45, 2.75) is 25.0 Å². The van der Waals surface area contributed by atoms with Gasteiger partial charge in [-0.25, -0.2) is 0 Å². The van der Waals surface area contributed by atoms with Crippen molar-refractivity contribution in [3.63, 3.8) is 0 Å². The topological polar surface area (TPSA) is 28.2 Å². The molecular formula is C11H15N3. The van der Waals surface area contributed by atoms with Crippen LogP contribution in [0, 0.1) is 0 Å². The molecule has 1 N–H and O–H groups in total. The first kappa shape index (κ1) is 8.38. The molecule has 0 radical (unpaired) electrons. The summed E-state index contributed by atoms with van der Waals surface area (Å²) in [7, 11) is 0. The van der Waals surface area contributed by atoms with E-state index in [-0.39, 0.29) is 0 Å². The molecule has 0 amide bonds. The lowest BCUT2D eigenvalue weighted by molar-refractivity contribution is 0.0717. The van der Waals surface area contributed by atoms with E-state index in [1.54, 1.807) is 0 Å². The van der Waals surface area contributed by atoms with E-state index in [0.29, 0.717) is 0 Å². The fourth-order valence-corrected chi connectivity index (χ4v) is 2.45. The van der Waals surface area contributed by atoms with E-state index in [1.165, 1.54) is 25.2 Å². The van der Waals surface area contributed by atoms with Crippen molar-refractivity contribution in [1.29, 1.82) is 0 Å². The van der Waals surface area contributed by atoms with Crippen molar-refractivity contribution in [3.8, 4) is 0 Å². The lowest BCUT2D eigenvalue weighted by Crippen LogP contribution is -2.66. The summed E-state index contributed by atoms with van der Waals surface area (Å²) in [6, 6.07) is 7.63. The summed E-state index contributed by atoms with van der Waals surface area (Å²) in [5, 5.41) is 3.53. The Labute approximate surface area is 84.1 Å². The minimum absolute atomic E-state index is 0.748. The second-order valence-electron chi connectivity index (χ2n) is 4.31. The second-order valence-corrected chi connectivity index (χ2v) is 4.31. The maximum Gasteiger partial charge on any atom is 0.0543 e. The van der Waals surface area contributed by atoms with Crippen LogP contribution in [0.25, 0.3) is 0 Å². The molecule has 3 aliphatic heterocycles. The fraction of sp³-hybridized carbons (Fsp3) is 0.545. The zero-order valence-electron chi connectivity index (χ0n) is 8.19. The highest BCUT2D eigenvalue weighted by molar-refractivity contribution is 5.05. The SMILES string of the molecule is c1ccc(CN2CC3CC(C2)N3)nc1. The standard InChI is InChI=1S/C11H15N3/c1-2-4-12-9(3-1)6-14-7-10-5-11(8-14)13-10/h1-4,10-11,13H,5-8H2. The number of hydrogen-bond donors (Lipinski definition) is 1. The average molecular weight is 189 g/mol. The number of piperidine rings is 1. The van der Waals surface area contributed by atoms with Gasteiger partial charge in [-0.3, -0.25) is 9.88 Å². The molecule has 3 heteroatoms. The van der Waals surface area contributed by atoms with Crippen molar-refractivity contribution < 1.29 is 0 Å². The van der Waals surface area contributed by atoms with Crippen molar-refractivity contribution in [1.82, 2.24) is 15.2 Å². The Balaban J connectivity index is 1.63. The van der Waals surface area contributed by atoms with E-state index in [4.69, 9.17) is 0 Å². The molecule has 0 spiro atoms. The third-order valence-electron chi connectivity index (χ3n) is 3.11. The Kier molecular flexibility index (Phi) is 2.00. The summed E-state index contributed by atoms with van der Waals surface area (Å²) < 4.78 is 0. The number of nitrogens with zero attached hydrogens (tertiary/aromatic N) is 2. The largest absolute Gasteiger partial charge is 0.309 e. The Morgan fingerprint density at radius 2 is 2.14 bits per heavy atom. The first-order valence-electron chi connectivity index (χ1n) is 5.28. The van der Waals surface area contributed by atoms with Gasteiger partial charge in [0.05, 0.1) is 5.69 Å². The molecule has 0 aliphatic carbocycles. The normalized spacial score (nSPS) is 31.1. The number of aromatic nitrogens is 1. The summed E-state index contributed by atoms with van der Waals surface area (Å²) in [5.41, 5.74) is 1.19. The van der Waals surface area contributed by atoms with E-state index in [0.717, 1.165) is 18.6 Å². The highest BCUT2D eigenvalue weighted by Crippen LogP contribution is 2.21. The number of pyridine rings is 1. The highest BCUT2D eigenvalue weighted by atomic mass is 15.3. The molecule has 3 nitrogen and oxygen atoms in total. The van der Waals surface area contributed by atoms with Gasteiger partial charge in [-0.2, -0.15) is 0 Å². The van der Waals surface area contributed by atoms with Gasteiger partial charge >= 0.3 is 0 Å². The highest BCUT2D eigenvalue weighted by Gasteiger charge is 2.36. The van der Waals surface area contributed by atoms with Crippen LogP contribution < -0.4 is 5.32 Å². The maximum absolute atomic E-state index is 4.35. The molecule has 2 unspecified atom stereocenters. The summed E-state index contributed by atoms with van der Waals surface area (Å²) in [6.45, 7) is 3.38. The average Bonchev–Trinajstić information content (AvgIpc) is 2.18. The first-order valence-corrected chi connectivity index (χ1v) is 5.28. The van der Waals surface area contributed by atoms with Gasteiger partial charge in [0.15, 0.2) is 0 Å². The summed E-state index contributed by atoms with van der Waals surface area (Å²) in [4.78, 5) is 6.85. The molecule has 2 atom stereocenters. The van der Waals surface area contributed by atoms with Crippen LogP contribution in [-0.4, -0.2) is 35.1 Å². The van der Waals surface area contributed by atoms with Gasteiger partial charge < -0.3 is 5.32 Å². The first-order chi connectivity index (χ1) is 6.90. The van der Waals surface area contributed by atoms with Crippen LogP contribution in [0.1, 0.15) is 12.1 Å². The molecule has 0 aromatic carbocycles. The molecule has 74 valence electrons. The molecule has 3 aliphatic rings. The Morgan fingerprint density at radius 1 is 1.36 bits per heavy atom. The number of rotatable bonds is 2. The van der Waals surface area contributed by atoms with Crippen LogP contribution in [0.3, 0.4) is 0 Å². The van der Waals surface area contributed by atoms with Crippen LogP contribution in [0.5, 0.6) is 0 Å². The van der Waals surface area contributed by atoms with Crippen LogP contribution in [-0.2, 0) is 6.54 Å². The van der Waals surface area contributed by atoms with Crippen LogP contribution in [0.15, 0.2) is 24.4 Å². The van der Waals surface area contributed by atoms with Gasteiger partial charge in [0.1, 0.15) is 0 Å². The number of fused-ring (bicyclic) bond motifs is 2. The monoisotopic (exact) mass is 189 g/mol. The third-order valence-corrected chi connectivity index (χ3v) is 3.11. The minimum atomic E-state index is 0.748. The fourth-order valence-electron chi connectivity index (χ4n) is 2.45. The summed E-state index contributed by atoms with van der Waals surface area (Å²) in [5.74, 6) is 0. The molecule has 0 saturated carbocycles. The van der Waals surface area contributed by atoms with Crippen LogP contribution in [0.2, 0.25) is 0 Å². The zero-order valence-corrected chi connectivity index (χ0v) is 8.19. The lowest BCUT2D eigenvalue weighted by Gasteiger charge is -2.48. The third kappa shape index (κ3) is 1.53. The van der Waals surface area contributed by atoms with E-state index in [9.17, 15) is 0 Å². The van der Waals surface area contributed by atoms with Crippen LogP contribution in [0.4, 0.5) is 0 Å². The van der Waals surface area contributed by atoms with Crippen LogP contribution >= 0.6 is 0 Å². The van der Waals surface area contributed by atoms with Gasteiger partial charge in [-0.05, 0) is 18.6 Å². The van der Waals surface area contributed by atoms with Crippen molar-refractivity contribution >= 4 is 0 Å². The van der Waals surface area contributed by atoms with E-state index in [1.807, 2.05) is 12.3 Å². The number of hydrogen-bond acceptors (Lipinski definition) is 3. The molecule has 2 bridgehead atoms. The Bertz CT molecular complexity index is 296. The van der Waals surface area contributed by atoms with E-state index >= 15 is 0 Å². The minimum Gasteiger partial charge on any atom is -0.309 e. The molecule has 4 heterocycles. The predicted molar refractivity (Wildman–Crippen MR) is 54.8 cm³/mol. The molecule has 1 aromatic rings. The zero-order chi connectivity index (χ0) is 9.38. The van der Waals surface area contributed by atoms with Crippen molar-refractivity contribution in [2.75, 3.05) is 13.1 Å². The quantitative estimate of drug-likeness (QED) is 0.739. The van der Waals surface area contributed by atoms with Gasteiger partial charge in [-0.15, -0.1) is 0 Å².